The van der Waals surface area contributed by atoms with Crippen molar-refractivity contribution in [3.8, 4) is 0 Å². The van der Waals surface area contributed by atoms with Crippen molar-refractivity contribution in [3.63, 3.8) is 0 Å². The van der Waals surface area contributed by atoms with Gasteiger partial charge in [-0.25, -0.2) is 5.43 Å². The zero-order chi connectivity index (χ0) is 16.1. The van der Waals surface area contributed by atoms with Gasteiger partial charge in [0.05, 0.1) is 10.6 Å². The SMILES string of the molecule is C/C(=N/NC(=O)c1ccc(Cl)cc1)c1ccc([N+](=O)[O-])cc1. The summed E-state index contributed by atoms with van der Waals surface area (Å²) >= 11 is 5.75. The van der Waals surface area contributed by atoms with Crippen LogP contribution in [0, 0.1) is 10.1 Å². The summed E-state index contributed by atoms with van der Waals surface area (Å²) in [6, 6.07) is 12.3. The monoisotopic (exact) mass is 317 g/mol. The number of nitrogens with one attached hydrogen (secondary N) is 1. The summed E-state index contributed by atoms with van der Waals surface area (Å²) in [7, 11) is 0. The number of nitro groups is 1. The zero-order valence-electron chi connectivity index (χ0n) is 11.6. The lowest BCUT2D eigenvalue weighted by Crippen LogP contribution is -2.19. The van der Waals surface area contributed by atoms with Crippen LogP contribution in [0.25, 0.3) is 0 Å². The minimum absolute atomic E-state index is 0.00162. The molecule has 0 spiro atoms. The van der Waals surface area contributed by atoms with Crippen LogP contribution in [0.1, 0.15) is 22.8 Å². The molecular formula is C15H12ClN3O3. The van der Waals surface area contributed by atoms with Crippen LogP contribution in [0.15, 0.2) is 53.6 Å². The van der Waals surface area contributed by atoms with Gasteiger partial charge in [-0.15, -0.1) is 0 Å². The molecular weight excluding hydrogens is 306 g/mol. The van der Waals surface area contributed by atoms with Crippen LogP contribution in [0.5, 0.6) is 0 Å². The predicted octanol–water partition coefficient (Wildman–Crippen LogP) is 3.40. The second-order valence-electron chi connectivity index (χ2n) is 4.45. The van der Waals surface area contributed by atoms with Crippen molar-refractivity contribution < 1.29 is 9.72 Å². The molecule has 0 radical (unpaired) electrons. The highest BCUT2D eigenvalue weighted by atomic mass is 35.5. The molecule has 2 aromatic rings. The van der Waals surface area contributed by atoms with E-state index in [0.717, 1.165) is 0 Å². The Hall–Kier alpha value is -2.73. The van der Waals surface area contributed by atoms with Gasteiger partial charge in [0, 0.05) is 22.7 Å². The van der Waals surface area contributed by atoms with Gasteiger partial charge < -0.3 is 0 Å². The van der Waals surface area contributed by atoms with E-state index >= 15 is 0 Å². The van der Waals surface area contributed by atoms with Crippen LogP contribution < -0.4 is 5.43 Å². The lowest BCUT2D eigenvalue weighted by atomic mass is 10.1. The zero-order valence-corrected chi connectivity index (χ0v) is 12.4. The van der Waals surface area contributed by atoms with E-state index in [1.54, 1.807) is 43.3 Å². The molecule has 1 N–H and O–H groups in total. The quantitative estimate of drug-likeness (QED) is 0.533. The Bertz CT molecular complexity index is 725. The molecule has 0 bridgehead atoms. The maximum absolute atomic E-state index is 11.9. The Morgan fingerprint density at radius 3 is 2.18 bits per heavy atom. The van der Waals surface area contributed by atoms with Crippen molar-refractivity contribution >= 4 is 28.9 Å². The molecule has 0 aromatic heterocycles. The van der Waals surface area contributed by atoms with Crippen LogP contribution in [0.2, 0.25) is 5.02 Å². The summed E-state index contributed by atoms with van der Waals surface area (Å²) in [6.45, 7) is 1.70. The average molecular weight is 318 g/mol. The molecule has 0 saturated carbocycles. The smallest absolute Gasteiger partial charge is 0.267 e. The fourth-order valence-corrected chi connectivity index (χ4v) is 1.82. The maximum atomic E-state index is 11.9. The number of non-ortho nitro benzene ring substituents is 1. The number of amides is 1. The predicted molar refractivity (Wildman–Crippen MR) is 84.2 cm³/mol. The topological polar surface area (TPSA) is 84.6 Å². The fourth-order valence-electron chi connectivity index (χ4n) is 1.69. The Morgan fingerprint density at radius 1 is 1.09 bits per heavy atom. The normalized spacial score (nSPS) is 11.1. The third kappa shape index (κ3) is 3.89. The van der Waals surface area contributed by atoms with Gasteiger partial charge in [0.2, 0.25) is 0 Å². The van der Waals surface area contributed by atoms with E-state index in [9.17, 15) is 14.9 Å². The lowest BCUT2D eigenvalue weighted by Gasteiger charge is -2.03. The highest BCUT2D eigenvalue weighted by Crippen LogP contribution is 2.12. The number of hydrogen-bond donors (Lipinski definition) is 1. The molecule has 22 heavy (non-hydrogen) atoms. The van der Waals surface area contributed by atoms with Crippen LogP contribution in [-0.4, -0.2) is 16.5 Å². The van der Waals surface area contributed by atoms with Gasteiger partial charge in [-0.3, -0.25) is 14.9 Å². The molecule has 0 heterocycles. The lowest BCUT2D eigenvalue weighted by molar-refractivity contribution is -0.384. The molecule has 7 heteroatoms. The Balaban J connectivity index is 2.07. The number of hydrogen-bond acceptors (Lipinski definition) is 4. The third-order valence-electron chi connectivity index (χ3n) is 2.93. The highest BCUT2D eigenvalue weighted by Gasteiger charge is 2.07. The number of hydrazone groups is 1. The van der Waals surface area contributed by atoms with Gasteiger partial charge in [-0.2, -0.15) is 5.10 Å². The summed E-state index contributed by atoms with van der Waals surface area (Å²) in [4.78, 5) is 22.0. The van der Waals surface area contributed by atoms with Crippen molar-refractivity contribution in [2.45, 2.75) is 6.92 Å². The first-order chi connectivity index (χ1) is 10.5. The summed E-state index contributed by atoms with van der Waals surface area (Å²) in [5.41, 5.74) is 4.08. The molecule has 112 valence electrons. The molecule has 6 nitrogen and oxygen atoms in total. The van der Waals surface area contributed by atoms with Crippen molar-refractivity contribution in [2.75, 3.05) is 0 Å². The van der Waals surface area contributed by atoms with Crippen molar-refractivity contribution in [1.29, 1.82) is 0 Å². The first-order valence-corrected chi connectivity index (χ1v) is 6.70. The Morgan fingerprint density at radius 2 is 1.64 bits per heavy atom. The third-order valence-corrected chi connectivity index (χ3v) is 3.18. The maximum Gasteiger partial charge on any atom is 0.271 e. The number of halogens is 1. The number of carbonyl (C=O) groups excluding carboxylic acids is 1. The molecule has 0 aliphatic carbocycles. The van der Waals surface area contributed by atoms with E-state index in [1.807, 2.05) is 0 Å². The Kier molecular flexibility index (Phi) is 4.85. The summed E-state index contributed by atoms with van der Waals surface area (Å²) < 4.78 is 0. The van der Waals surface area contributed by atoms with Crippen molar-refractivity contribution in [3.05, 3.63) is 74.8 Å². The van der Waals surface area contributed by atoms with E-state index < -0.39 is 4.92 Å². The van der Waals surface area contributed by atoms with Gasteiger partial charge in [0.25, 0.3) is 11.6 Å². The number of nitro benzene ring substituents is 1. The highest BCUT2D eigenvalue weighted by molar-refractivity contribution is 6.30. The van der Waals surface area contributed by atoms with Gasteiger partial charge in [0.1, 0.15) is 0 Å². The number of benzene rings is 2. The summed E-state index contributed by atoms with van der Waals surface area (Å²) in [5.74, 6) is -0.363. The van der Waals surface area contributed by atoms with E-state index in [4.69, 9.17) is 11.6 Å². The van der Waals surface area contributed by atoms with Crippen molar-refractivity contribution in [2.24, 2.45) is 5.10 Å². The average Bonchev–Trinajstić information content (AvgIpc) is 2.53. The molecule has 0 fully saturated rings. The van der Waals surface area contributed by atoms with Gasteiger partial charge in [-0.05, 0) is 48.9 Å². The van der Waals surface area contributed by atoms with E-state index in [-0.39, 0.29) is 11.6 Å². The minimum atomic E-state index is -0.474. The number of carbonyl (C=O) groups is 1. The van der Waals surface area contributed by atoms with Gasteiger partial charge in [0.15, 0.2) is 0 Å². The van der Waals surface area contributed by atoms with Gasteiger partial charge in [-0.1, -0.05) is 11.6 Å². The van der Waals surface area contributed by atoms with Crippen LogP contribution >= 0.6 is 11.6 Å². The first-order valence-electron chi connectivity index (χ1n) is 6.32. The van der Waals surface area contributed by atoms with E-state index in [2.05, 4.69) is 10.5 Å². The second kappa shape index (κ2) is 6.82. The van der Waals surface area contributed by atoms with Crippen LogP contribution in [0.4, 0.5) is 5.69 Å². The minimum Gasteiger partial charge on any atom is -0.267 e. The number of rotatable bonds is 4. The van der Waals surface area contributed by atoms with Crippen molar-refractivity contribution in [1.82, 2.24) is 5.43 Å². The second-order valence-corrected chi connectivity index (χ2v) is 4.89. The molecule has 0 saturated heterocycles. The molecule has 1 amide bonds. The van der Waals surface area contributed by atoms with E-state index in [1.165, 1.54) is 12.1 Å². The molecule has 0 unspecified atom stereocenters. The standard InChI is InChI=1S/C15H12ClN3O3/c1-10(11-4-8-14(9-5-11)19(21)22)17-18-15(20)12-2-6-13(16)7-3-12/h2-9H,1H3,(H,18,20)/b17-10-. The molecule has 0 aliphatic rings. The molecule has 0 aliphatic heterocycles. The fraction of sp³-hybridized carbons (Fsp3) is 0.0667. The van der Waals surface area contributed by atoms with Crippen LogP contribution in [-0.2, 0) is 0 Å². The first kappa shape index (κ1) is 15.7. The summed E-state index contributed by atoms with van der Waals surface area (Å²) in [5, 5.41) is 15.1. The summed E-state index contributed by atoms with van der Waals surface area (Å²) in [6.07, 6.45) is 0. The van der Waals surface area contributed by atoms with E-state index in [0.29, 0.717) is 21.9 Å². The van der Waals surface area contributed by atoms with Gasteiger partial charge >= 0.3 is 0 Å². The molecule has 0 atom stereocenters. The number of nitrogens with zero attached hydrogens (tertiary/aromatic N) is 2. The van der Waals surface area contributed by atoms with Crippen LogP contribution in [0.3, 0.4) is 0 Å². The molecule has 2 rings (SSSR count). The largest absolute Gasteiger partial charge is 0.271 e. The Labute approximate surface area is 131 Å². The molecule has 2 aromatic carbocycles.